The van der Waals surface area contributed by atoms with Crippen LogP contribution in [0.2, 0.25) is 0 Å². The Balaban J connectivity index is -0.00000000800. The molecular weight excluding hydrogens is 282 g/mol. The molecule has 0 atom stereocenters. The molecule has 0 unspecified atom stereocenters. The molecule has 0 amide bonds. The molecule has 88 valence electrons. The summed E-state index contributed by atoms with van der Waals surface area (Å²) in [5.41, 5.74) is 0. The molecule has 10 nitrogen and oxygen atoms in total. The molecule has 10 N–H and O–H groups in total. The van der Waals surface area contributed by atoms with Crippen molar-refractivity contribution >= 4 is 12.3 Å². The SMILES string of the molecule is O=C([O-])O.O=C([O-])O.[NH2-].[NH2-].[NH2-].[NH2-].[Pd+2]. The van der Waals surface area contributed by atoms with E-state index in [-0.39, 0.29) is 45.0 Å². The molecule has 0 rings (SSSR count). The van der Waals surface area contributed by atoms with Gasteiger partial charge in [0, 0.05) is 0 Å². The maximum atomic E-state index is 8.44. The van der Waals surface area contributed by atoms with Gasteiger partial charge in [-0.3, -0.25) is 0 Å². The first-order chi connectivity index (χ1) is 3.46. The van der Waals surface area contributed by atoms with Gasteiger partial charge in [0.1, 0.15) is 0 Å². The smallest absolute Gasteiger partial charge is 0.693 e. The van der Waals surface area contributed by atoms with Crippen LogP contribution in [0.1, 0.15) is 0 Å². The molecule has 0 fully saturated rings. The topological polar surface area (TPSA) is 255 Å². The zero-order chi connectivity index (χ0) is 7.15. The van der Waals surface area contributed by atoms with Crippen LogP contribution in [0, 0.1) is 0 Å². The number of hydrogen-bond donors (Lipinski definition) is 2. The molecule has 0 aliphatic heterocycles. The fourth-order valence-corrected chi connectivity index (χ4v) is 0. The van der Waals surface area contributed by atoms with Crippen LogP contribution in [0.5, 0.6) is 0 Å². The number of rotatable bonds is 0. The van der Waals surface area contributed by atoms with Gasteiger partial charge in [-0.15, -0.1) is 0 Å². The van der Waals surface area contributed by atoms with Gasteiger partial charge < -0.3 is 54.6 Å². The third-order valence-electron chi connectivity index (χ3n) is 0. The number of hydrogen-bond acceptors (Lipinski definition) is 4. The molecule has 0 aliphatic rings. The molecule has 0 aromatic rings. The van der Waals surface area contributed by atoms with Crippen LogP contribution in [0.3, 0.4) is 0 Å². The number of nitrogens with two attached hydrogens (primary N) is 4. The third-order valence-corrected chi connectivity index (χ3v) is 0. The van der Waals surface area contributed by atoms with Gasteiger partial charge in [0.25, 0.3) is 0 Å². The van der Waals surface area contributed by atoms with Gasteiger partial charge in [0.05, 0.1) is 0 Å². The minimum atomic E-state index is -2.08. The van der Waals surface area contributed by atoms with E-state index in [0.717, 1.165) is 0 Å². The summed E-state index contributed by atoms with van der Waals surface area (Å²) in [6.07, 6.45) is -4.17. The Bertz CT molecular complexity index is 80.6. The average molecular weight is 293 g/mol. The minimum Gasteiger partial charge on any atom is -0.693 e. The summed E-state index contributed by atoms with van der Waals surface area (Å²) in [4.78, 5) is 16.9. The zero-order valence-electron chi connectivity index (χ0n) is 6.15. The summed E-state index contributed by atoms with van der Waals surface area (Å²) in [6, 6.07) is 0. The predicted molar refractivity (Wildman–Crippen MR) is 37.2 cm³/mol. The van der Waals surface area contributed by atoms with Crippen LogP contribution in [0.4, 0.5) is 9.59 Å². The molecule has 11 heteroatoms. The van der Waals surface area contributed by atoms with Crippen molar-refractivity contribution in [2.75, 3.05) is 0 Å². The summed E-state index contributed by atoms with van der Waals surface area (Å²) >= 11 is 0. The Morgan fingerprint density at radius 1 is 0.769 bits per heavy atom. The van der Waals surface area contributed by atoms with E-state index in [0.29, 0.717) is 0 Å². The van der Waals surface area contributed by atoms with Crippen molar-refractivity contribution in [3.63, 3.8) is 0 Å². The molecule has 0 aromatic carbocycles. The predicted octanol–water partition coefficient (Wildman–Crippen LogP) is 0.641. The molecular formula is C2H10N4O6Pd-4. The maximum Gasteiger partial charge on any atom is 2.00 e. The van der Waals surface area contributed by atoms with E-state index in [1.807, 2.05) is 0 Å². The maximum absolute atomic E-state index is 8.44. The first-order valence-corrected chi connectivity index (χ1v) is 1.26. The molecule has 0 saturated heterocycles. The van der Waals surface area contributed by atoms with Gasteiger partial charge >= 0.3 is 20.4 Å². The second kappa shape index (κ2) is 43.8. The first kappa shape index (κ1) is 57.8. The summed E-state index contributed by atoms with van der Waals surface area (Å²) < 4.78 is 0. The molecule has 13 heavy (non-hydrogen) atoms. The van der Waals surface area contributed by atoms with Crippen LogP contribution in [0.25, 0.3) is 24.6 Å². The van der Waals surface area contributed by atoms with Crippen LogP contribution in [-0.2, 0) is 20.4 Å². The molecule has 0 radical (unpaired) electrons. The van der Waals surface area contributed by atoms with Crippen molar-refractivity contribution < 1.29 is 50.4 Å². The fraction of sp³-hybridized carbons (Fsp3) is 0. The molecule has 0 bridgehead atoms. The van der Waals surface area contributed by atoms with E-state index < -0.39 is 12.3 Å². The van der Waals surface area contributed by atoms with E-state index in [9.17, 15) is 0 Å². The van der Waals surface area contributed by atoms with Crippen molar-refractivity contribution in [3.05, 3.63) is 24.6 Å². The first-order valence-electron chi connectivity index (χ1n) is 1.26. The van der Waals surface area contributed by atoms with Crippen LogP contribution in [0.15, 0.2) is 0 Å². The minimum absolute atomic E-state index is 0. The Kier molecular flexibility index (Phi) is 195. The summed E-state index contributed by atoms with van der Waals surface area (Å²) in [7, 11) is 0. The van der Waals surface area contributed by atoms with Crippen LogP contribution >= 0.6 is 0 Å². The summed E-state index contributed by atoms with van der Waals surface area (Å²) in [6.45, 7) is 0. The van der Waals surface area contributed by atoms with Crippen molar-refractivity contribution in [1.82, 2.24) is 0 Å². The Hall–Kier alpha value is -0.958. The Labute approximate surface area is 87.9 Å². The zero-order valence-corrected chi connectivity index (χ0v) is 7.71. The van der Waals surface area contributed by atoms with E-state index in [1.165, 1.54) is 0 Å². The average Bonchev–Trinajstić information content (AvgIpc) is 1.25. The van der Waals surface area contributed by atoms with Gasteiger partial charge in [-0.05, 0) is 0 Å². The Morgan fingerprint density at radius 3 is 0.769 bits per heavy atom. The fourth-order valence-electron chi connectivity index (χ4n) is 0. The van der Waals surface area contributed by atoms with Crippen molar-refractivity contribution in [2.45, 2.75) is 0 Å². The van der Waals surface area contributed by atoms with Gasteiger partial charge in [0.2, 0.25) is 12.3 Å². The number of carboxylic acid groups (broad SMARTS) is 4. The number of carbonyl (C=O) groups is 2. The van der Waals surface area contributed by atoms with Gasteiger partial charge in [-0.1, -0.05) is 0 Å². The van der Waals surface area contributed by atoms with Gasteiger partial charge in [0.15, 0.2) is 0 Å². The Morgan fingerprint density at radius 2 is 0.769 bits per heavy atom. The van der Waals surface area contributed by atoms with Crippen molar-refractivity contribution in [2.24, 2.45) is 0 Å². The second-order valence-electron chi connectivity index (χ2n) is 0.532. The molecule has 0 heterocycles. The molecule has 0 spiro atoms. The van der Waals surface area contributed by atoms with Crippen molar-refractivity contribution in [3.8, 4) is 0 Å². The largest absolute Gasteiger partial charge is 2.00 e. The quantitative estimate of drug-likeness (QED) is 0.604. The van der Waals surface area contributed by atoms with Crippen LogP contribution in [-0.4, -0.2) is 22.5 Å². The van der Waals surface area contributed by atoms with E-state index in [2.05, 4.69) is 0 Å². The van der Waals surface area contributed by atoms with Crippen molar-refractivity contribution in [1.29, 1.82) is 0 Å². The summed E-state index contributed by atoms with van der Waals surface area (Å²) in [5.74, 6) is 0. The normalized spacial score (nSPS) is 3.69. The third kappa shape index (κ3) is 984. The van der Waals surface area contributed by atoms with E-state index in [1.54, 1.807) is 0 Å². The van der Waals surface area contributed by atoms with E-state index in [4.69, 9.17) is 30.0 Å². The molecule has 0 aromatic heterocycles. The second-order valence-corrected chi connectivity index (χ2v) is 0.532. The summed E-state index contributed by atoms with van der Waals surface area (Å²) in [5, 5.41) is 30.6. The monoisotopic (exact) mass is 292 g/mol. The van der Waals surface area contributed by atoms with Gasteiger partial charge in [-0.2, -0.15) is 0 Å². The molecule has 0 saturated carbocycles. The van der Waals surface area contributed by atoms with E-state index >= 15 is 0 Å². The standard InChI is InChI=1S/2CH2O3.4H2N.Pd/c2*2-1(3)4;;;;;/h2*(H2,2,3,4);4*1H2;/q;;4*-1;+2/p-2. The van der Waals surface area contributed by atoms with Gasteiger partial charge in [-0.25, -0.2) is 0 Å². The van der Waals surface area contributed by atoms with Crippen LogP contribution < -0.4 is 10.2 Å². The molecule has 0 aliphatic carbocycles.